The number of imidazole rings is 1. The van der Waals surface area contributed by atoms with Crippen LogP contribution in [-0.2, 0) is 12.0 Å². The van der Waals surface area contributed by atoms with Crippen LogP contribution in [0.2, 0.25) is 0 Å². The second kappa shape index (κ2) is 5.08. The lowest BCUT2D eigenvalue weighted by atomic mass is 9.86. The van der Waals surface area contributed by atoms with Gasteiger partial charge in [-0.05, 0) is 30.9 Å². The van der Waals surface area contributed by atoms with Gasteiger partial charge >= 0.3 is 0 Å². The number of hydrogen-bond donors (Lipinski definition) is 1. The summed E-state index contributed by atoms with van der Waals surface area (Å²) in [5.41, 5.74) is 3.59. The van der Waals surface area contributed by atoms with Gasteiger partial charge in [0.2, 0.25) is 5.95 Å². The minimum Gasteiger partial charge on any atom is -0.325 e. The van der Waals surface area contributed by atoms with E-state index in [2.05, 4.69) is 73.0 Å². The van der Waals surface area contributed by atoms with Gasteiger partial charge in [0.05, 0.1) is 5.69 Å². The molecule has 0 aliphatic heterocycles. The van der Waals surface area contributed by atoms with Crippen LogP contribution in [0, 0.1) is 6.92 Å². The van der Waals surface area contributed by atoms with E-state index in [-0.39, 0.29) is 5.41 Å². The lowest BCUT2D eigenvalue weighted by molar-refractivity contribution is 0.592. The van der Waals surface area contributed by atoms with E-state index in [4.69, 9.17) is 0 Å². The molecule has 0 atom stereocenters. The van der Waals surface area contributed by atoms with Crippen molar-refractivity contribution in [3.8, 4) is 0 Å². The van der Waals surface area contributed by atoms with Gasteiger partial charge in [0.15, 0.2) is 0 Å². The summed E-state index contributed by atoms with van der Waals surface area (Å²) in [4.78, 5) is 4.55. The van der Waals surface area contributed by atoms with Crippen LogP contribution in [0.15, 0.2) is 30.5 Å². The molecule has 0 saturated carbocycles. The minimum absolute atomic E-state index is 0.113. The van der Waals surface area contributed by atoms with E-state index in [1.165, 1.54) is 5.56 Å². The van der Waals surface area contributed by atoms with Gasteiger partial charge in [-0.2, -0.15) is 0 Å². The molecule has 0 spiro atoms. The third-order valence-corrected chi connectivity index (χ3v) is 3.22. The smallest absolute Gasteiger partial charge is 0.207 e. The highest BCUT2D eigenvalue weighted by Crippen LogP contribution is 2.31. The zero-order valence-corrected chi connectivity index (χ0v) is 12.5. The Morgan fingerprint density at radius 2 is 1.89 bits per heavy atom. The van der Waals surface area contributed by atoms with Crippen LogP contribution in [0.3, 0.4) is 0 Å². The second-order valence-electron chi connectivity index (χ2n) is 5.91. The third-order valence-electron chi connectivity index (χ3n) is 3.22. The number of para-hydroxylation sites is 1. The first-order valence-corrected chi connectivity index (χ1v) is 6.82. The fourth-order valence-corrected chi connectivity index (χ4v) is 2.25. The second-order valence-corrected chi connectivity index (χ2v) is 5.91. The number of aromatic nitrogens is 2. The molecule has 0 unspecified atom stereocenters. The SMILES string of the molecule is CCn1cc(C)nc1Nc1ccccc1C(C)(C)C. The maximum absolute atomic E-state index is 4.55. The molecule has 0 radical (unpaired) electrons. The molecule has 2 rings (SSSR count). The zero-order chi connectivity index (χ0) is 14.0. The molecule has 1 heterocycles. The van der Waals surface area contributed by atoms with Gasteiger partial charge in [-0.3, -0.25) is 0 Å². The molecule has 0 saturated heterocycles. The Labute approximate surface area is 115 Å². The average Bonchev–Trinajstić information content (AvgIpc) is 2.69. The molecule has 0 aliphatic carbocycles. The number of rotatable bonds is 3. The lowest BCUT2D eigenvalue weighted by Gasteiger charge is -2.23. The van der Waals surface area contributed by atoms with Crippen molar-refractivity contribution in [3.05, 3.63) is 41.7 Å². The van der Waals surface area contributed by atoms with Crippen LogP contribution < -0.4 is 5.32 Å². The van der Waals surface area contributed by atoms with Gasteiger partial charge < -0.3 is 9.88 Å². The molecule has 1 aromatic carbocycles. The number of aryl methyl sites for hydroxylation is 2. The highest BCUT2D eigenvalue weighted by molar-refractivity contribution is 5.61. The highest BCUT2D eigenvalue weighted by Gasteiger charge is 2.18. The van der Waals surface area contributed by atoms with E-state index in [0.717, 1.165) is 23.9 Å². The Bertz CT molecular complexity index is 562. The van der Waals surface area contributed by atoms with Crippen molar-refractivity contribution in [1.82, 2.24) is 9.55 Å². The van der Waals surface area contributed by atoms with Crippen molar-refractivity contribution < 1.29 is 0 Å². The minimum atomic E-state index is 0.113. The Balaban J connectivity index is 2.38. The maximum atomic E-state index is 4.55. The number of anilines is 2. The molecular weight excluding hydrogens is 234 g/mol. The molecule has 0 amide bonds. The van der Waals surface area contributed by atoms with Gasteiger partial charge in [0, 0.05) is 18.4 Å². The van der Waals surface area contributed by atoms with Crippen LogP contribution in [-0.4, -0.2) is 9.55 Å². The molecule has 1 N–H and O–H groups in total. The normalized spacial score (nSPS) is 11.6. The van der Waals surface area contributed by atoms with E-state index in [1.54, 1.807) is 0 Å². The largest absolute Gasteiger partial charge is 0.325 e. The van der Waals surface area contributed by atoms with Crippen molar-refractivity contribution in [2.24, 2.45) is 0 Å². The average molecular weight is 257 g/mol. The topological polar surface area (TPSA) is 29.9 Å². The molecule has 2 aromatic rings. The lowest BCUT2D eigenvalue weighted by Crippen LogP contribution is -2.14. The Hall–Kier alpha value is -1.77. The number of nitrogens with one attached hydrogen (secondary N) is 1. The van der Waals surface area contributed by atoms with Crippen molar-refractivity contribution in [2.45, 2.75) is 46.6 Å². The zero-order valence-electron chi connectivity index (χ0n) is 12.5. The maximum Gasteiger partial charge on any atom is 0.207 e. The molecule has 1 aromatic heterocycles. The van der Waals surface area contributed by atoms with Crippen LogP contribution >= 0.6 is 0 Å². The first kappa shape index (κ1) is 13.7. The highest BCUT2D eigenvalue weighted by atomic mass is 15.2. The van der Waals surface area contributed by atoms with Crippen molar-refractivity contribution in [1.29, 1.82) is 0 Å². The first-order valence-electron chi connectivity index (χ1n) is 6.82. The van der Waals surface area contributed by atoms with E-state index < -0.39 is 0 Å². The molecule has 3 nitrogen and oxygen atoms in total. The van der Waals surface area contributed by atoms with Crippen LogP contribution in [0.4, 0.5) is 11.6 Å². The third kappa shape index (κ3) is 2.98. The quantitative estimate of drug-likeness (QED) is 0.890. The van der Waals surface area contributed by atoms with E-state index in [9.17, 15) is 0 Å². The molecule has 102 valence electrons. The molecule has 3 heteroatoms. The van der Waals surface area contributed by atoms with Gasteiger partial charge in [-0.25, -0.2) is 4.98 Å². The number of nitrogens with zero attached hydrogens (tertiary/aromatic N) is 2. The summed E-state index contributed by atoms with van der Waals surface area (Å²) in [7, 11) is 0. The van der Waals surface area contributed by atoms with Crippen LogP contribution in [0.25, 0.3) is 0 Å². The fourth-order valence-electron chi connectivity index (χ4n) is 2.25. The van der Waals surface area contributed by atoms with E-state index >= 15 is 0 Å². The molecule has 0 fully saturated rings. The molecule has 0 bridgehead atoms. The molecular formula is C16H23N3. The van der Waals surface area contributed by atoms with Crippen LogP contribution in [0.1, 0.15) is 39.0 Å². The predicted octanol–water partition coefficient (Wildman–Crippen LogP) is 4.25. The summed E-state index contributed by atoms with van der Waals surface area (Å²) in [6.07, 6.45) is 2.07. The van der Waals surface area contributed by atoms with E-state index in [1.807, 2.05) is 6.92 Å². The number of hydrogen-bond acceptors (Lipinski definition) is 2. The summed E-state index contributed by atoms with van der Waals surface area (Å²) in [6, 6.07) is 8.44. The molecule has 19 heavy (non-hydrogen) atoms. The van der Waals surface area contributed by atoms with Crippen LogP contribution in [0.5, 0.6) is 0 Å². The van der Waals surface area contributed by atoms with Gasteiger partial charge in [0.1, 0.15) is 0 Å². The van der Waals surface area contributed by atoms with Gasteiger partial charge in [-0.1, -0.05) is 39.0 Å². The number of benzene rings is 1. The molecule has 0 aliphatic rings. The summed E-state index contributed by atoms with van der Waals surface area (Å²) >= 11 is 0. The van der Waals surface area contributed by atoms with Gasteiger partial charge in [-0.15, -0.1) is 0 Å². The standard InChI is InChI=1S/C16H23N3/c1-6-19-11-12(2)17-15(19)18-14-10-8-7-9-13(14)16(3,4)5/h7-11H,6H2,1-5H3,(H,17,18). The summed E-state index contributed by atoms with van der Waals surface area (Å²) in [5.74, 6) is 0.914. The Kier molecular flexibility index (Phi) is 3.65. The van der Waals surface area contributed by atoms with Gasteiger partial charge in [0.25, 0.3) is 0 Å². The van der Waals surface area contributed by atoms with E-state index in [0.29, 0.717) is 0 Å². The summed E-state index contributed by atoms with van der Waals surface area (Å²) < 4.78 is 2.13. The predicted molar refractivity (Wildman–Crippen MR) is 81.1 cm³/mol. The van der Waals surface area contributed by atoms with Crippen molar-refractivity contribution >= 4 is 11.6 Å². The monoisotopic (exact) mass is 257 g/mol. The Morgan fingerprint density at radius 3 is 2.53 bits per heavy atom. The fraction of sp³-hybridized carbons (Fsp3) is 0.438. The van der Waals surface area contributed by atoms with Crippen molar-refractivity contribution in [2.75, 3.05) is 5.32 Å². The Morgan fingerprint density at radius 1 is 1.21 bits per heavy atom. The summed E-state index contributed by atoms with van der Waals surface area (Å²) in [6.45, 7) is 11.7. The summed E-state index contributed by atoms with van der Waals surface area (Å²) in [5, 5.41) is 3.47. The first-order chi connectivity index (χ1) is 8.91. The van der Waals surface area contributed by atoms with Crippen molar-refractivity contribution in [3.63, 3.8) is 0 Å².